The van der Waals surface area contributed by atoms with Crippen LogP contribution in [0.2, 0.25) is 0 Å². The molecule has 1 amide bonds. The van der Waals surface area contributed by atoms with Crippen LogP contribution < -0.4 is 5.32 Å². The maximum absolute atomic E-state index is 11.7. The van der Waals surface area contributed by atoms with Crippen molar-refractivity contribution in [2.24, 2.45) is 0 Å². The average molecular weight is 286 g/mol. The topological polar surface area (TPSA) is 61.8 Å². The number of rotatable bonds is 5. The molecule has 2 N–H and O–H groups in total. The zero-order valence-corrected chi connectivity index (χ0v) is 13.7. The van der Waals surface area contributed by atoms with Gasteiger partial charge in [0.25, 0.3) is 0 Å². The Labute approximate surface area is 122 Å². The van der Waals surface area contributed by atoms with Crippen molar-refractivity contribution in [1.29, 1.82) is 0 Å². The molecule has 1 aliphatic rings. The van der Waals surface area contributed by atoms with Crippen molar-refractivity contribution in [2.75, 3.05) is 6.61 Å². The summed E-state index contributed by atoms with van der Waals surface area (Å²) >= 11 is 0. The van der Waals surface area contributed by atoms with E-state index in [1.807, 2.05) is 13.8 Å². The molecule has 0 aromatic heterocycles. The molecule has 0 aromatic rings. The van der Waals surface area contributed by atoms with E-state index in [9.17, 15) is 9.90 Å². The van der Waals surface area contributed by atoms with Crippen molar-refractivity contribution in [3.63, 3.8) is 0 Å². The molecule has 5 heteroatoms. The summed E-state index contributed by atoms with van der Waals surface area (Å²) in [6, 6.07) is -0.0183. The predicted molar refractivity (Wildman–Crippen MR) is 79.9 cm³/mol. The Morgan fingerprint density at radius 3 is 2.15 bits per heavy atom. The molecule has 0 spiro atoms. The molecule has 118 valence electrons. The van der Waals surface area contributed by atoms with E-state index >= 15 is 0 Å². The van der Waals surface area contributed by atoms with E-state index in [1.165, 1.54) is 4.90 Å². The van der Waals surface area contributed by atoms with E-state index in [2.05, 4.69) is 33.0 Å². The van der Waals surface area contributed by atoms with Gasteiger partial charge in [0, 0.05) is 23.7 Å². The van der Waals surface area contributed by atoms with Gasteiger partial charge in [-0.25, -0.2) is 4.79 Å². The summed E-state index contributed by atoms with van der Waals surface area (Å²) in [6.45, 7) is 12.9. The van der Waals surface area contributed by atoms with E-state index in [1.54, 1.807) is 0 Å². The second-order valence-corrected chi connectivity index (χ2v) is 6.96. The molecule has 1 atom stereocenters. The van der Waals surface area contributed by atoms with E-state index in [0.29, 0.717) is 13.0 Å². The third-order valence-electron chi connectivity index (χ3n) is 3.80. The molecule has 1 fully saturated rings. The third-order valence-corrected chi connectivity index (χ3v) is 3.80. The number of ether oxygens (including phenoxy) is 1. The van der Waals surface area contributed by atoms with Gasteiger partial charge in [-0.15, -0.1) is 0 Å². The highest BCUT2D eigenvalue weighted by Gasteiger charge is 2.43. The lowest BCUT2D eigenvalue weighted by Gasteiger charge is -2.50. The van der Waals surface area contributed by atoms with Crippen LogP contribution in [0.3, 0.4) is 0 Å². The first kappa shape index (κ1) is 17.2. The van der Waals surface area contributed by atoms with Crippen molar-refractivity contribution >= 4 is 6.09 Å². The number of hydrogen-bond donors (Lipinski definition) is 2. The van der Waals surface area contributed by atoms with Crippen LogP contribution in [0.4, 0.5) is 4.79 Å². The monoisotopic (exact) mass is 286 g/mol. The van der Waals surface area contributed by atoms with Gasteiger partial charge in [-0.1, -0.05) is 6.92 Å². The molecule has 0 bridgehead atoms. The standard InChI is InChI=1S/C15H30N2O3/c1-7-12(20-8-2)17(13(18)19)11-9-14(3,4)16-15(5,6)10-11/h11-12,16H,7-10H2,1-6H3,(H,18,19). The summed E-state index contributed by atoms with van der Waals surface area (Å²) in [5, 5.41) is 13.2. The Bertz CT molecular complexity index is 326. The third kappa shape index (κ3) is 4.35. The highest BCUT2D eigenvalue weighted by Crippen LogP contribution is 2.33. The molecular weight excluding hydrogens is 256 g/mol. The van der Waals surface area contributed by atoms with Gasteiger partial charge in [-0.05, 0) is 53.9 Å². The van der Waals surface area contributed by atoms with Gasteiger partial charge in [0.15, 0.2) is 0 Å². The second kappa shape index (κ2) is 6.31. The van der Waals surface area contributed by atoms with Crippen molar-refractivity contribution in [1.82, 2.24) is 10.2 Å². The highest BCUT2D eigenvalue weighted by molar-refractivity contribution is 5.65. The van der Waals surface area contributed by atoms with Gasteiger partial charge in [0.2, 0.25) is 0 Å². The van der Waals surface area contributed by atoms with Crippen LogP contribution in [0.1, 0.15) is 60.8 Å². The summed E-state index contributed by atoms with van der Waals surface area (Å²) in [6.07, 6.45) is 1.03. The zero-order chi connectivity index (χ0) is 15.6. The highest BCUT2D eigenvalue weighted by atomic mass is 16.5. The lowest BCUT2D eigenvalue weighted by Crippen LogP contribution is -2.64. The van der Waals surface area contributed by atoms with Gasteiger partial charge in [0.05, 0.1) is 0 Å². The number of amides is 1. The Morgan fingerprint density at radius 2 is 1.80 bits per heavy atom. The largest absolute Gasteiger partial charge is 0.465 e. The first-order chi connectivity index (χ1) is 9.12. The molecular formula is C15H30N2O3. The van der Waals surface area contributed by atoms with Gasteiger partial charge < -0.3 is 15.2 Å². The van der Waals surface area contributed by atoms with Crippen LogP contribution in [0, 0.1) is 0 Å². The molecule has 0 saturated carbocycles. The minimum atomic E-state index is -0.885. The maximum Gasteiger partial charge on any atom is 0.409 e. The van der Waals surface area contributed by atoms with Crippen LogP contribution in [-0.2, 0) is 4.74 Å². The lowest BCUT2D eigenvalue weighted by atomic mass is 9.79. The van der Waals surface area contributed by atoms with E-state index < -0.39 is 6.09 Å². The number of carbonyl (C=O) groups is 1. The molecule has 0 radical (unpaired) electrons. The smallest absolute Gasteiger partial charge is 0.409 e. The fourth-order valence-corrected chi connectivity index (χ4v) is 3.57. The molecule has 1 saturated heterocycles. The fraction of sp³-hybridized carbons (Fsp3) is 0.933. The number of nitrogens with one attached hydrogen (secondary N) is 1. The Kier molecular flexibility index (Phi) is 5.44. The maximum atomic E-state index is 11.7. The van der Waals surface area contributed by atoms with Crippen molar-refractivity contribution < 1.29 is 14.6 Å². The van der Waals surface area contributed by atoms with Crippen molar-refractivity contribution in [3.8, 4) is 0 Å². The minimum absolute atomic E-state index is 0.0183. The Morgan fingerprint density at radius 1 is 1.30 bits per heavy atom. The molecule has 1 rings (SSSR count). The summed E-state index contributed by atoms with van der Waals surface area (Å²) in [5.74, 6) is 0. The van der Waals surface area contributed by atoms with Crippen LogP contribution in [-0.4, -0.2) is 46.1 Å². The average Bonchev–Trinajstić information content (AvgIpc) is 2.23. The number of carboxylic acid groups (broad SMARTS) is 1. The quantitative estimate of drug-likeness (QED) is 0.763. The zero-order valence-electron chi connectivity index (χ0n) is 13.7. The van der Waals surface area contributed by atoms with Crippen LogP contribution in [0.5, 0.6) is 0 Å². The molecule has 1 unspecified atom stereocenters. The van der Waals surface area contributed by atoms with Gasteiger partial charge >= 0.3 is 6.09 Å². The molecule has 1 aliphatic heterocycles. The van der Waals surface area contributed by atoms with E-state index in [-0.39, 0.29) is 23.3 Å². The molecule has 0 aliphatic carbocycles. The number of hydrogen-bond acceptors (Lipinski definition) is 3. The Balaban J connectivity index is 2.98. The van der Waals surface area contributed by atoms with Gasteiger partial charge in [0.1, 0.15) is 6.23 Å². The second-order valence-electron chi connectivity index (χ2n) is 6.96. The summed E-state index contributed by atoms with van der Waals surface area (Å²) in [7, 11) is 0. The van der Waals surface area contributed by atoms with Crippen LogP contribution in [0.25, 0.3) is 0 Å². The molecule has 1 heterocycles. The molecule has 0 aromatic carbocycles. The van der Waals surface area contributed by atoms with E-state index in [0.717, 1.165) is 12.8 Å². The molecule has 20 heavy (non-hydrogen) atoms. The van der Waals surface area contributed by atoms with E-state index in [4.69, 9.17) is 4.74 Å². The summed E-state index contributed by atoms with van der Waals surface area (Å²) < 4.78 is 5.63. The first-order valence-electron chi connectivity index (χ1n) is 7.54. The normalized spacial score (nSPS) is 23.3. The SMILES string of the molecule is CCOC(CC)N(C(=O)O)C1CC(C)(C)NC(C)(C)C1. The Hall–Kier alpha value is -0.810. The van der Waals surface area contributed by atoms with Gasteiger partial charge in [-0.2, -0.15) is 0 Å². The van der Waals surface area contributed by atoms with Crippen LogP contribution >= 0.6 is 0 Å². The van der Waals surface area contributed by atoms with Gasteiger partial charge in [-0.3, -0.25) is 4.90 Å². The van der Waals surface area contributed by atoms with Crippen molar-refractivity contribution in [2.45, 2.75) is 84.2 Å². The minimum Gasteiger partial charge on any atom is -0.465 e. The van der Waals surface area contributed by atoms with Crippen molar-refractivity contribution in [3.05, 3.63) is 0 Å². The number of piperidine rings is 1. The summed E-state index contributed by atoms with van der Waals surface area (Å²) in [5.41, 5.74) is -0.157. The first-order valence-corrected chi connectivity index (χ1v) is 7.54. The fourth-order valence-electron chi connectivity index (χ4n) is 3.57. The predicted octanol–water partition coefficient (Wildman–Crippen LogP) is 3.05. The molecule has 5 nitrogen and oxygen atoms in total. The summed E-state index contributed by atoms with van der Waals surface area (Å²) in [4.78, 5) is 13.2. The lowest BCUT2D eigenvalue weighted by molar-refractivity contribution is -0.0783. The number of nitrogens with zero attached hydrogens (tertiary/aromatic N) is 1. The van der Waals surface area contributed by atoms with Crippen LogP contribution in [0.15, 0.2) is 0 Å².